The zero-order valence-corrected chi connectivity index (χ0v) is 9.60. The van der Waals surface area contributed by atoms with Gasteiger partial charge in [0, 0.05) is 12.2 Å². The standard InChI is InChI=1S/C14H15NO2/c1-2-8-15(10-11-6-7-11)13-5-3-4-12(9-13)14(16)17/h1,3-5,9,11H,6-8,10H2,(H,16,17). The third kappa shape index (κ3) is 3.01. The number of rotatable bonds is 5. The van der Waals surface area contributed by atoms with Gasteiger partial charge in [-0.05, 0) is 37.0 Å². The SMILES string of the molecule is C#CCN(CC1CC1)c1cccc(C(=O)O)c1. The molecular formula is C14H15NO2. The van der Waals surface area contributed by atoms with E-state index in [0.717, 1.165) is 18.2 Å². The Morgan fingerprint density at radius 2 is 2.29 bits per heavy atom. The van der Waals surface area contributed by atoms with Gasteiger partial charge in [0.05, 0.1) is 12.1 Å². The molecule has 88 valence electrons. The van der Waals surface area contributed by atoms with Gasteiger partial charge in [-0.15, -0.1) is 6.42 Å². The highest BCUT2D eigenvalue weighted by atomic mass is 16.4. The molecule has 1 N–H and O–H groups in total. The smallest absolute Gasteiger partial charge is 0.335 e. The summed E-state index contributed by atoms with van der Waals surface area (Å²) in [5, 5.41) is 8.96. The van der Waals surface area contributed by atoms with Crippen molar-refractivity contribution >= 4 is 11.7 Å². The minimum atomic E-state index is -0.904. The summed E-state index contributed by atoms with van der Waals surface area (Å²) in [6, 6.07) is 6.94. The molecule has 17 heavy (non-hydrogen) atoms. The Bertz CT molecular complexity index is 458. The van der Waals surface area contributed by atoms with Crippen LogP contribution in [0.3, 0.4) is 0 Å². The van der Waals surface area contributed by atoms with E-state index in [4.69, 9.17) is 11.5 Å². The van der Waals surface area contributed by atoms with E-state index in [1.165, 1.54) is 12.8 Å². The summed E-state index contributed by atoms with van der Waals surface area (Å²) in [4.78, 5) is 13.0. The summed E-state index contributed by atoms with van der Waals surface area (Å²) in [6.07, 6.45) is 7.85. The first-order valence-corrected chi connectivity index (χ1v) is 5.72. The van der Waals surface area contributed by atoms with E-state index in [9.17, 15) is 4.79 Å². The van der Waals surface area contributed by atoms with E-state index in [-0.39, 0.29) is 0 Å². The van der Waals surface area contributed by atoms with E-state index < -0.39 is 5.97 Å². The van der Waals surface area contributed by atoms with Crippen molar-refractivity contribution in [3.8, 4) is 12.3 Å². The largest absolute Gasteiger partial charge is 0.478 e. The first-order chi connectivity index (χ1) is 8.20. The average molecular weight is 229 g/mol. The van der Waals surface area contributed by atoms with E-state index in [1.807, 2.05) is 6.07 Å². The lowest BCUT2D eigenvalue weighted by atomic mass is 10.2. The molecule has 1 fully saturated rings. The maximum Gasteiger partial charge on any atom is 0.335 e. The fourth-order valence-electron chi connectivity index (χ4n) is 1.82. The molecule has 2 rings (SSSR count). The van der Waals surface area contributed by atoms with Crippen LogP contribution in [0.5, 0.6) is 0 Å². The number of hydrogen-bond acceptors (Lipinski definition) is 2. The second-order valence-electron chi connectivity index (χ2n) is 4.38. The molecule has 1 aliphatic carbocycles. The van der Waals surface area contributed by atoms with Crippen LogP contribution >= 0.6 is 0 Å². The lowest BCUT2D eigenvalue weighted by Gasteiger charge is -2.22. The van der Waals surface area contributed by atoms with Crippen molar-refractivity contribution in [2.75, 3.05) is 18.0 Å². The molecule has 0 amide bonds. The van der Waals surface area contributed by atoms with Gasteiger partial charge < -0.3 is 10.0 Å². The number of aromatic carboxylic acids is 1. The normalized spacial score (nSPS) is 14.1. The molecule has 0 heterocycles. The zero-order valence-electron chi connectivity index (χ0n) is 9.60. The molecule has 0 atom stereocenters. The molecular weight excluding hydrogens is 214 g/mol. The Labute approximate surface area is 101 Å². The Hall–Kier alpha value is -1.95. The number of terminal acetylenes is 1. The first kappa shape index (κ1) is 11.5. The monoisotopic (exact) mass is 229 g/mol. The highest BCUT2D eigenvalue weighted by Gasteiger charge is 2.24. The Morgan fingerprint density at radius 1 is 1.53 bits per heavy atom. The van der Waals surface area contributed by atoms with Gasteiger partial charge in [-0.25, -0.2) is 4.79 Å². The molecule has 0 saturated heterocycles. The van der Waals surface area contributed by atoms with Crippen LogP contribution < -0.4 is 4.90 Å². The second-order valence-corrected chi connectivity index (χ2v) is 4.38. The van der Waals surface area contributed by atoms with Gasteiger partial charge in [0.15, 0.2) is 0 Å². The summed E-state index contributed by atoms with van der Waals surface area (Å²) in [7, 11) is 0. The maximum absolute atomic E-state index is 10.9. The lowest BCUT2D eigenvalue weighted by molar-refractivity contribution is 0.0697. The van der Waals surface area contributed by atoms with Gasteiger partial charge in [0.1, 0.15) is 0 Å². The molecule has 3 nitrogen and oxygen atoms in total. The lowest BCUT2D eigenvalue weighted by Crippen LogP contribution is -2.26. The molecule has 0 bridgehead atoms. The van der Waals surface area contributed by atoms with Gasteiger partial charge in [-0.2, -0.15) is 0 Å². The van der Waals surface area contributed by atoms with E-state index in [0.29, 0.717) is 12.1 Å². The number of benzene rings is 1. The van der Waals surface area contributed by atoms with E-state index in [1.54, 1.807) is 18.2 Å². The summed E-state index contributed by atoms with van der Waals surface area (Å²) in [6.45, 7) is 1.45. The highest BCUT2D eigenvalue weighted by molar-refractivity contribution is 5.88. The van der Waals surface area contributed by atoms with Gasteiger partial charge in [-0.1, -0.05) is 12.0 Å². The summed E-state index contributed by atoms with van der Waals surface area (Å²) in [5.74, 6) is 2.44. The fourth-order valence-corrected chi connectivity index (χ4v) is 1.82. The number of carboxylic acids is 1. The van der Waals surface area contributed by atoms with Crippen LogP contribution in [0.1, 0.15) is 23.2 Å². The molecule has 0 aliphatic heterocycles. The van der Waals surface area contributed by atoms with Crippen LogP contribution in [0.4, 0.5) is 5.69 Å². The average Bonchev–Trinajstić information content (AvgIpc) is 3.12. The van der Waals surface area contributed by atoms with Crippen molar-refractivity contribution in [1.82, 2.24) is 0 Å². The number of anilines is 1. The van der Waals surface area contributed by atoms with Crippen molar-refractivity contribution in [3.05, 3.63) is 29.8 Å². The van der Waals surface area contributed by atoms with Gasteiger partial charge in [-0.3, -0.25) is 0 Å². The van der Waals surface area contributed by atoms with Crippen molar-refractivity contribution in [1.29, 1.82) is 0 Å². The fraction of sp³-hybridized carbons (Fsp3) is 0.357. The van der Waals surface area contributed by atoms with Crippen LogP contribution in [0, 0.1) is 18.3 Å². The number of carbonyl (C=O) groups is 1. The molecule has 3 heteroatoms. The van der Waals surface area contributed by atoms with Crippen LogP contribution in [0.15, 0.2) is 24.3 Å². The quantitative estimate of drug-likeness (QED) is 0.787. The summed E-state index contributed by atoms with van der Waals surface area (Å²) >= 11 is 0. The zero-order chi connectivity index (χ0) is 12.3. The van der Waals surface area contributed by atoms with Gasteiger partial charge >= 0.3 is 5.97 Å². The molecule has 1 aromatic carbocycles. The highest BCUT2D eigenvalue weighted by Crippen LogP contribution is 2.31. The van der Waals surface area contributed by atoms with Gasteiger partial charge in [0.2, 0.25) is 0 Å². The molecule has 1 saturated carbocycles. The van der Waals surface area contributed by atoms with E-state index in [2.05, 4.69) is 10.8 Å². The molecule has 1 aliphatic rings. The first-order valence-electron chi connectivity index (χ1n) is 5.72. The van der Waals surface area contributed by atoms with Crippen molar-refractivity contribution in [2.24, 2.45) is 5.92 Å². The van der Waals surface area contributed by atoms with E-state index >= 15 is 0 Å². The number of nitrogens with zero attached hydrogens (tertiary/aromatic N) is 1. The number of hydrogen-bond donors (Lipinski definition) is 1. The Morgan fingerprint density at radius 3 is 2.88 bits per heavy atom. The third-order valence-electron chi connectivity index (χ3n) is 2.92. The third-order valence-corrected chi connectivity index (χ3v) is 2.92. The molecule has 0 aromatic heterocycles. The van der Waals surface area contributed by atoms with Gasteiger partial charge in [0.25, 0.3) is 0 Å². The molecule has 0 spiro atoms. The Balaban J connectivity index is 2.18. The topological polar surface area (TPSA) is 40.5 Å². The molecule has 0 radical (unpaired) electrons. The minimum Gasteiger partial charge on any atom is -0.478 e. The van der Waals surface area contributed by atoms with Crippen molar-refractivity contribution < 1.29 is 9.90 Å². The van der Waals surface area contributed by atoms with Crippen LogP contribution in [-0.2, 0) is 0 Å². The van der Waals surface area contributed by atoms with Crippen LogP contribution in [0.2, 0.25) is 0 Å². The maximum atomic E-state index is 10.9. The summed E-state index contributed by atoms with van der Waals surface area (Å²) in [5.41, 5.74) is 1.20. The predicted molar refractivity (Wildman–Crippen MR) is 67.2 cm³/mol. The molecule has 0 unspecified atom stereocenters. The van der Waals surface area contributed by atoms with Crippen molar-refractivity contribution in [2.45, 2.75) is 12.8 Å². The van der Waals surface area contributed by atoms with Crippen LogP contribution in [0.25, 0.3) is 0 Å². The Kier molecular flexibility index (Phi) is 3.34. The molecule has 1 aromatic rings. The minimum absolute atomic E-state index is 0.306. The second kappa shape index (κ2) is 4.92. The number of carboxylic acid groups (broad SMARTS) is 1. The predicted octanol–water partition coefficient (Wildman–Crippen LogP) is 2.23. The van der Waals surface area contributed by atoms with Crippen molar-refractivity contribution in [3.63, 3.8) is 0 Å². The summed E-state index contributed by atoms with van der Waals surface area (Å²) < 4.78 is 0. The van der Waals surface area contributed by atoms with Crippen LogP contribution in [-0.4, -0.2) is 24.2 Å².